The van der Waals surface area contributed by atoms with Crippen molar-refractivity contribution in [2.24, 2.45) is 0 Å². The molecule has 1 aromatic carbocycles. The van der Waals surface area contributed by atoms with E-state index in [0.717, 1.165) is 51.7 Å². The first kappa shape index (κ1) is 18.0. The van der Waals surface area contributed by atoms with Gasteiger partial charge in [0.25, 0.3) is 0 Å². The SMILES string of the molecule is CN1CCC(NC(=O)NC2CCCc3c2cnn3Cc2ccccc2)CC1. The highest BCUT2D eigenvalue weighted by Crippen LogP contribution is 2.30. The number of nitrogens with one attached hydrogen (secondary N) is 2. The van der Waals surface area contributed by atoms with Gasteiger partial charge in [-0.2, -0.15) is 5.10 Å². The Kier molecular flexibility index (Phi) is 5.43. The number of fused-ring (bicyclic) bond motifs is 1. The van der Waals surface area contributed by atoms with Crippen molar-refractivity contribution in [3.63, 3.8) is 0 Å². The molecule has 2 heterocycles. The molecule has 0 bridgehead atoms. The number of likely N-dealkylation sites (tertiary alicyclic amines) is 1. The molecule has 0 saturated carbocycles. The van der Waals surface area contributed by atoms with Crippen molar-refractivity contribution in [3.05, 3.63) is 53.3 Å². The molecule has 2 aliphatic rings. The van der Waals surface area contributed by atoms with Crippen molar-refractivity contribution in [1.82, 2.24) is 25.3 Å². The van der Waals surface area contributed by atoms with Crippen molar-refractivity contribution in [2.45, 2.75) is 50.7 Å². The van der Waals surface area contributed by atoms with E-state index in [1.165, 1.54) is 16.8 Å². The Bertz CT molecular complexity index is 764. The van der Waals surface area contributed by atoms with Crippen LogP contribution in [0, 0.1) is 0 Å². The Morgan fingerprint density at radius 1 is 1.15 bits per heavy atom. The summed E-state index contributed by atoms with van der Waals surface area (Å²) in [7, 11) is 2.13. The molecule has 2 amide bonds. The molecule has 1 aliphatic heterocycles. The molecule has 6 heteroatoms. The maximum absolute atomic E-state index is 12.5. The van der Waals surface area contributed by atoms with E-state index in [2.05, 4.69) is 56.6 Å². The largest absolute Gasteiger partial charge is 0.335 e. The fraction of sp³-hybridized carbons (Fsp3) is 0.524. The van der Waals surface area contributed by atoms with E-state index in [1.807, 2.05) is 12.3 Å². The van der Waals surface area contributed by atoms with Crippen LogP contribution >= 0.6 is 0 Å². The first-order valence-corrected chi connectivity index (χ1v) is 10.0. The number of hydrogen-bond donors (Lipinski definition) is 2. The van der Waals surface area contributed by atoms with Gasteiger partial charge < -0.3 is 15.5 Å². The molecule has 144 valence electrons. The summed E-state index contributed by atoms with van der Waals surface area (Å²) in [6.45, 7) is 2.88. The van der Waals surface area contributed by atoms with E-state index in [4.69, 9.17) is 0 Å². The Hall–Kier alpha value is -2.34. The predicted octanol–water partition coefficient (Wildman–Crippen LogP) is 2.70. The molecule has 1 atom stereocenters. The maximum Gasteiger partial charge on any atom is 0.315 e. The average molecular weight is 367 g/mol. The summed E-state index contributed by atoms with van der Waals surface area (Å²) in [6.07, 6.45) is 7.07. The number of piperidine rings is 1. The summed E-state index contributed by atoms with van der Waals surface area (Å²) in [4.78, 5) is 14.8. The molecule has 1 saturated heterocycles. The van der Waals surface area contributed by atoms with Crippen LogP contribution in [0.25, 0.3) is 0 Å². The molecule has 2 aromatic rings. The summed E-state index contributed by atoms with van der Waals surface area (Å²) >= 11 is 0. The minimum atomic E-state index is -0.0433. The number of urea groups is 1. The topological polar surface area (TPSA) is 62.2 Å². The van der Waals surface area contributed by atoms with Gasteiger partial charge in [0.1, 0.15) is 0 Å². The quantitative estimate of drug-likeness (QED) is 0.873. The Balaban J connectivity index is 1.39. The Morgan fingerprint density at radius 3 is 2.70 bits per heavy atom. The summed E-state index contributed by atoms with van der Waals surface area (Å²) in [5.74, 6) is 0. The van der Waals surface area contributed by atoms with Gasteiger partial charge in [0.05, 0.1) is 18.8 Å². The summed E-state index contributed by atoms with van der Waals surface area (Å²) in [5.41, 5.74) is 3.68. The molecule has 1 aliphatic carbocycles. The van der Waals surface area contributed by atoms with E-state index < -0.39 is 0 Å². The second-order valence-electron chi connectivity index (χ2n) is 7.83. The highest BCUT2D eigenvalue weighted by molar-refractivity contribution is 5.74. The zero-order valence-corrected chi connectivity index (χ0v) is 16.0. The summed E-state index contributed by atoms with van der Waals surface area (Å²) in [5, 5.41) is 11.0. The van der Waals surface area contributed by atoms with Crippen LogP contribution < -0.4 is 10.6 Å². The van der Waals surface area contributed by atoms with Gasteiger partial charge in [0.2, 0.25) is 0 Å². The van der Waals surface area contributed by atoms with Crippen molar-refractivity contribution in [2.75, 3.05) is 20.1 Å². The number of amides is 2. The van der Waals surface area contributed by atoms with Crippen LogP contribution in [0.1, 0.15) is 48.5 Å². The lowest BCUT2D eigenvalue weighted by Crippen LogP contribution is -2.48. The number of hydrogen-bond acceptors (Lipinski definition) is 3. The third-order valence-corrected chi connectivity index (χ3v) is 5.80. The van der Waals surface area contributed by atoms with Crippen molar-refractivity contribution in [1.29, 1.82) is 0 Å². The van der Waals surface area contributed by atoms with Gasteiger partial charge in [-0.15, -0.1) is 0 Å². The first-order valence-electron chi connectivity index (χ1n) is 10.0. The third kappa shape index (κ3) is 4.33. The van der Waals surface area contributed by atoms with Crippen LogP contribution in [0.3, 0.4) is 0 Å². The van der Waals surface area contributed by atoms with Gasteiger partial charge in [0, 0.05) is 17.3 Å². The van der Waals surface area contributed by atoms with Crippen LogP contribution in [0.5, 0.6) is 0 Å². The third-order valence-electron chi connectivity index (χ3n) is 5.80. The molecule has 6 nitrogen and oxygen atoms in total. The van der Waals surface area contributed by atoms with Gasteiger partial charge >= 0.3 is 6.03 Å². The van der Waals surface area contributed by atoms with E-state index >= 15 is 0 Å². The molecule has 0 spiro atoms. The van der Waals surface area contributed by atoms with Crippen molar-refractivity contribution in [3.8, 4) is 0 Å². The number of benzene rings is 1. The van der Waals surface area contributed by atoms with Crippen LogP contribution in [-0.2, 0) is 13.0 Å². The van der Waals surface area contributed by atoms with E-state index in [1.54, 1.807) is 0 Å². The van der Waals surface area contributed by atoms with Crippen molar-refractivity contribution >= 4 is 6.03 Å². The lowest BCUT2D eigenvalue weighted by molar-refractivity contribution is 0.210. The van der Waals surface area contributed by atoms with Crippen LogP contribution in [0.15, 0.2) is 36.5 Å². The van der Waals surface area contributed by atoms with Gasteiger partial charge in [-0.25, -0.2) is 4.79 Å². The molecule has 0 radical (unpaired) electrons. The Labute approximate surface area is 160 Å². The number of carbonyl (C=O) groups is 1. The normalized spacial score (nSPS) is 20.9. The Morgan fingerprint density at radius 2 is 1.93 bits per heavy atom. The van der Waals surface area contributed by atoms with Crippen molar-refractivity contribution < 1.29 is 4.79 Å². The van der Waals surface area contributed by atoms with E-state index in [-0.39, 0.29) is 18.1 Å². The monoisotopic (exact) mass is 367 g/mol. The first-order chi connectivity index (χ1) is 13.2. The molecule has 27 heavy (non-hydrogen) atoms. The highest BCUT2D eigenvalue weighted by atomic mass is 16.2. The van der Waals surface area contributed by atoms with Crippen LogP contribution in [0.2, 0.25) is 0 Å². The summed E-state index contributed by atoms with van der Waals surface area (Å²) < 4.78 is 2.09. The number of carbonyl (C=O) groups excluding carboxylic acids is 1. The zero-order valence-electron chi connectivity index (χ0n) is 16.0. The predicted molar refractivity (Wildman–Crippen MR) is 106 cm³/mol. The van der Waals surface area contributed by atoms with Crippen LogP contribution in [-0.4, -0.2) is 46.9 Å². The molecular weight excluding hydrogens is 338 g/mol. The molecule has 4 rings (SSSR count). The minimum Gasteiger partial charge on any atom is -0.335 e. The molecule has 1 fully saturated rings. The zero-order chi connectivity index (χ0) is 18.6. The fourth-order valence-electron chi connectivity index (χ4n) is 4.20. The van der Waals surface area contributed by atoms with Gasteiger partial charge in [-0.3, -0.25) is 4.68 Å². The number of rotatable bonds is 4. The summed E-state index contributed by atoms with van der Waals surface area (Å²) in [6, 6.07) is 10.7. The van der Waals surface area contributed by atoms with E-state index in [9.17, 15) is 4.79 Å². The average Bonchev–Trinajstić information content (AvgIpc) is 3.08. The minimum absolute atomic E-state index is 0.0433. The second kappa shape index (κ2) is 8.13. The number of aromatic nitrogens is 2. The molecular formula is C21H29N5O. The van der Waals surface area contributed by atoms with Gasteiger partial charge in [-0.05, 0) is 57.8 Å². The van der Waals surface area contributed by atoms with Gasteiger partial charge in [-0.1, -0.05) is 30.3 Å². The lowest BCUT2D eigenvalue weighted by Gasteiger charge is -2.30. The second-order valence-corrected chi connectivity index (χ2v) is 7.83. The smallest absolute Gasteiger partial charge is 0.315 e. The van der Waals surface area contributed by atoms with Gasteiger partial charge in [0.15, 0.2) is 0 Å². The standard InChI is InChI=1S/C21H29N5O/c1-25-12-10-17(11-13-25)23-21(27)24-19-8-5-9-20-18(19)14-22-26(20)15-16-6-3-2-4-7-16/h2-4,6-7,14,17,19H,5,8-13,15H2,1H3,(H2,23,24,27). The lowest BCUT2D eigenvalue weighted by atomic mass is 9.93. The van der Waals surface area contributed by atoms with E-state index in [0.29, 0.717) is 0 Å². The van der Waals surface area contributed by atoms with Crippen LogP contribution in [0.4, 0.5) is 4.79 Å². The molecule has 1 unspecified atom stereocenters. The maximum atomic E-state index is 12.5. The highest BCUT2D eigenvalue weighted by Gasteiger charge is 2.26. The number of nitrogens with zero attached hydrogens (tertiary/aromatic N) is 3. The molecule has 2 N–H and O–H groups in total. The fourth-order valence-corrected chi connectivity index (χ4v) is 4.20. The molecule has 1 aromatic heterocycles.